The van der Waals surface area contributed by atoms with Gasteiger partial charge >= 0.3 is 5.97 Å². The zero-order valence-corrected chi connectivity index (χ0v) is 11.6. The molecule has 0 radical (unpaired) electrons. The minimum atomic E-state index is -0.908. The number of carboxylic acid groups (broad SMARTS) is 1. The summed E-state index contributed by atoms with van der Waals surface area (Å²) < 4.78 is 0. The quantitative estimate of drug-likeness (QED) is 0.747. The van der Waals surface area contributed by atoms with Crippen LogP contribution in [0.4, 0.5) is 5.69 Å². The van der Waals surface area contributed by atoms with Crippen LogP contribution in [0.3, 0.4) is 0 Å². The highest BCUT2D eigenvalue weighted by Crippen LogP contribution is 2.25. The van der Waals surface area contributed by atoms with E-state index in [-0.39, 0.29) is 12.1 Å². The van der Waals surface area contributed by atoms with Crippen molar-refractivity contribution in [3.63, 3.8) is 0 Å². The molecule has 0 aliphatic carbocycles. The molecule has 0 aromatic heterocycles. The monoisotopic (exact) mass is 284 g/mol. The van der Waals surface area contributed by atoms with E-state index in [4.69, 9.17) is 17.3 Å². The predicted molar refractivity (Wildman–Crippen MR) is 74.5 cm³/mol. The molecule has 1 aromatic rings. The molecule has 19 heavy (non-hydrogen) atoms. The number of primary amides is 1. The average Bonchev–Trinajstić information content (AvgIpc) is 2.36. The van der Waals surface area contributed by atoms with Crippen LogP contribution in [0.1, 0.15) is 30.6 Å². The largest absolute Gasteiger partial charge is 0.481 e. The highest BCUT2D eigenvalue weighted by Gasteiger charge is 2.31. The Balaban J connectivity index is 2.95. The van der Waals surface area contributed by atoms with Gasteiger partial charge in [0.25, 0.3) is 5.91 Å². The summed E-state index contributed by atoms with van der Waals surface area (Å²) in [5, 5.41) is 12.5. The van der Waals surface area contributed by atoms with Crippen molar-refractivity contribution in [1.29, 1.82) is 0 Å². The van der Waals surface area contributed by atoms with Crippen molar-refractivity contribution in [1.82, 2.24) is 0 Å². The van der Waals surface area contributed by atoms with Gasteiger partial charge in [0, 0.05) is 17.3 Å². The number of anilines is 1. The first-order valence-corrected chi connectivity index (χ1v) is 6.24. The fourth-order valence-electron chi connectivity index (χ4n) is 1.52. The Labute approximate surface area is 116 Å². The van der Waals surface area contributed by atoms with E-state index in [1.54, 1.807) is 26.0 Å². The Bertz CT molecular complexity index is 505. The van der Waals surface area contributed by atoms with Crippen molar-refractivity contribution < 1.29 is 14.7 Å². The van der Waals surface area contributed by atoms with Gasteiger partial charge in [0.05, 0.1) is 11.0 Å². The third-order valence-electron chi connectivity index (χ3n) is 3.21. The van der Waals surface area contributed by atoms with Gasteiger partial charge in [0.2, 0.25) is 0 Å². The molecule has 0 aliphatic heterocycles. The Morgan fingerprint density at radius 3 is 2.58 bits per heavy atom. The van der Waals surface area contributed by atoms with E-state index in [1.807, 2.05) is 0 Å². The summed E-state index contributed by atoms with van der Waals surface area (Å²) in [4.78, 5) is 22.5. The van der Waals surface area contributed by atoms with Gasteiger partial charge in [-0.2, -0.15) is 0 Å². The minimum absolute atomic E-state index is 0.195. The minimum Gasteiger partial charge on any atom is -0.481 e. The first-order valence-electron chi connectivity index (χ1n) is 5.87. The van der Waals surface area contributed by atoms with Crippen LogP contribution in [-0.4, -0.2) is 23.5 Å². The molecule has 1 unspecified atom stereocenters. The van der Waals surface area contributed by atoms with Gasteiger partial charge in [0.15, 0.2) is 0 Å². The maximum Gasteiger partial charge on any atom is 0.311 e. The van der Waals surface area contributed by atoms with Crippen molar-refractivity contribution in [2.45, 2.75) is 20.3 Å². The smallest absolute Gasteiger partial charge is 0.311 e. The maximum absolute atomic E-state index is 11.3. The number of benzene rings is 1. The first-order chi connectivity index (χ1) is 8.80. The lowest BCUT2D eigenvalue weighted by Gasteiger charge is -2.24. The van der Waals surface area contributed by atoms with E-state index in [0.29, 0.717) is 17.1 Å². The van der Waals surface area contributed by atoms with Crippen LogP contribution in [0.25, 0.3) is 0 Å². The number of aliphatic carboxylic acids is 1. The van der Waals surface area contributed by atoms with Crippen molar-refractivity contribution in [3.05, 3.63) is 28.8 Å². The molecular weight excluding hydrogens is 268 g/mol. The van der Waals surface area contributed by atoms with E-state index in [1.165, 1.54) is 6.07 Å². The number of nitrogens with two attached hydrogens (primary N) is 1. The van der Waals surface area contributed by atoms with E-state index in [0.717, 1.165) is 0 Å². The highest BCUT2D eigenvalue weighted by atomic mass is 35.5. The SMILES string of the molecule is CCC(C)(CNc1ccc(Cl)cc1C(N)=O)C(=O)O. The summed E-state index contributed by atoms with van der Waals surface area (Å²) in [6.07, 6.45) is 0.467. The zero-order valence-electron chi connectivity index (χ0n) is 10.9. The Morgan fingerprint density at radius 2 is 2.11 bits per heavy atom. The van der Waals surface area contributed by atoms with Crippen LogP contribution in [0.5, 0.6) is 0 Å². The summed E-state index contributed by atoms with van der Waals surface area (Å²) in [5.74, 6) is -1.50. The second-order valence-corrected chi connectivity index (χ2v) is 5.06. The van der Waals surface area contributed by atoms with Crippen molar-refractivity contribution in [2.24, 2.45) is 11.1 Å². The molecule has 1 rings (SSSR count). The van der Waals surface area contributed by atoms with Gasteiger partial charge in [-0.05, 0) is 31.5 Å². The number of hydrogen-bond donors (Lipinski definition) is 3. The molecule has 0 fully saturated rings. The van der Waals surface area contributed by atoms with E-state index in [9.17, 15) is 14.7 Å². The Kier molecular flexibility index (Phi) is 4.78. The second kappa shape index (κ2) is 5.93. The Morgan fingerprint density at radius 1 is 1.47 bits per heavy atom. The summed E-state index contributed by atoms with van der Waals surface area (Å²) in [6.45, 7) is 3.63. The molecule has 0 saturated heterocycles. The third-order valence-corrected chi connectivity index (χ3v) is 3.45. The summed E-state index contributed by atoms with van der Waals surface area (Å²) in [5.41, 5.74) is 5.08. The van der Waals surface area contributed by atoms with E-state index < -0.39 is 17.3 Å². The fourth-order valence-corrected chi connectivity index (χ4v) is 1.69. The van der Waals surface area contributed by atoms with Gasteiger partial charge in [-0.25, -0.2) is 0 Å². The lowest BCUT2D eigenvalue weighted by atomic mass is 9.87. The molecule has 104 valence electrons. The fraction of sp³-hybridized carbons (Fsp3) is 0.385. The lowest BCUT2D eigenvalue weighted by Crippen LogP contribution is -2.34. The van der Waals surface area contributed by atoms with E-state index >= 15 is 0 Å². The first kappa shape index (κ1) is 15.3. The highest BCUT2D eigenvalue weighted by molar-refractivity contribution is 6.31. The summed E-state index contributed by atoms with van der Waals surface area (Å²) >= 11 is 5.80. The van der Waals surface area contributed by atoms with Crippen LogP contribution in [0.2, 0.25) is 5.02 Å². The molecule has 1 aromatic carbocycles. The number of rotatable bonds is 6. The molecule has 0 saturated carbocycles. The zero-order chi connectivity index (χ0) is 14.6. The summed E-state index contributed by atoms with van der Waals surface area (Å²) in [6, 6.07) is 4.68. The molecule has 5 nitrogen and oxygen atoms in total. The number of carboxylic acids is 1. The average molecular weight is 285 g/mol. The van der Waals surface area contributed by atoms with Gasteiger partial charge in [0.1, 0.15) is 0 Å². The number of carbonyl (C=O) groups excluding carboxylic acids is 1. The number of nitrogens with one attached hydrogen (secondary N) is 1. The van der Waals surface area contributed by atoms with Crippen molar-refractivity contribution >= 4 is 29.2 Å². The molecule has 4 N–H and O–H groups in total. The lowest BCUT2D eigenvalue weighted by molar-refractivity contribution is -0.147. The second-order valence-electron chi connectivity index (χ2n) is 4.63. The number of halogens is 1. The molecule has 0 spiro atoms. The molecule has 0 heterocycles. The molecule has 6 heteroatoms. The van der Waals surface area contributed by atoms with Crippen LogP contribution >= 0.6 is 11.6 Å². The number of amides is 1. The van der Waals surface area contributed by atoms with Gasteiger partial charge in [-0.3, -0.25) is 9.59 Å². The van der Waals surface area contributed by atoms with Crippen molar-refractivity contribution in [3.8, 4) is 0 Å². The maximum atomic E-state index is 11.3. The van der Waals surface area contributed by atoms with E-state index in [2.05, 4.69) is 5.32 Å². The third kappa shape index (κ3) is 3.61. The van der Waals surface area contributed by atoms with Crippen molar-refractivity contribution in [2.75, 3.05) is 11.9 Å². The van der Waals surface area contributed by atoms with Gasteiger partial charge in [-0.1, -0.05) is 18.5 Å². The molecule has 0 bridgehead atoms. The van der Waals surface area contributed by atoms with Crippen LogP contribution < -0.4 is 11.1 Å². The summed E-state index contributed by atoms with van der Waals surface area (Å²) in [7, 11) is 0. The number of hydrogen-bond acceptors (Lipinski definition) is 3. The number of carbonyl (C=O) groups is 2. The van der Waals surface area contributed by atoms with Gasteiger partial charge in [-0.15, -0.1) is 0 Å². The normalized spacial score (nSPS) is 13.6. The molecule has 0 aliphatic rings. The standard InChI is InChI=1S/C13H17ClN2O3/c1-3-13(2,12(18)19)7-16-10-5-4-8(14)6-9(10)11(15)17/h4-6,16H,3,7H2,1-2H3,(H2,15,17)(H,18,19). The molecule has 1 amide bonds. The predicted octanol–water partition coefficient (Wildman–Crippen LogP) is 2.35. The van der Waals surface area contributed by atoms with Crippen LogP contribution in [0.15, 0.2) is 18.2 Å². The van der Waals surface area contributed by atoms with Gasteiger partial charge < -0.3 is 16.2 Å². The molecular formula is C13H17ClN2O3. The topological polar surface area (TPSA) is 92.4 Å². The van der Waals surface area contributed by atoms with Crippen LogP contribution in [0, 0.1) is 5.41 Å². The van der Waals surface area contributed by atoms with Crippen LogP contribution in [-0.2, 0) is 4.79 Å². The molecule has 1 atom stereocenters. The Hall–Kier alpha value is -1.75.